The third-order valence-electron chi connectivity index (χ3n) is 4.12. The highest BCUT2D eigenvalue weighted by atomic mass is 35.5. The predicted octanol–water partition coefficient (Wildman–Crippen LogP) is 3.84. The third-order valence-corrected chi connectivity index (χ3v) is 4.36. The van der Waals surface area contributed by atoms with E-state index in [1.165, 1.54) is 19.3 Å². The number of carbonyl (C=O) groups is 1. The summed E-state index contributed by atoms with van der Waals surface area (Å²) >= 11 is 5.90. The highest BCUT2D eigenvalue weighted by Gasteiger charge is 2.31. The fraction of sp³-hybridized carbons (Fsp3) is 0.562. The minimum absolute atomic E-state index is 0.0198. The number of anilines is 1. The van der Waals surface area contributed by atoms with Gasteiger partial charge in [-0.1, -0.05) is 44.4 Å². The lowest BCUT2D eigenvalue weighted by molar-refractivity contribution is -0.115. The summed E-state index contributed by atoms with van der Waals surface area (Å²) < 4.78 is 0. The summed E-state index contributed by atoms with van der Waals surface area (Å²) in [5, 5.41) is 6.89. The van der Waals surface area contributed by atoms with E-state index in [-0.39, 0.29) is 11.3 Å². The Hall–Kier alpha value is -1.06. The summed E-state index contributed by atoms with van der Waals surface area (Å²) in [7, 11) is 0. The number of amides is 1. The monoisotopic (exact) mass is 294 g/mol. The molecule has 3 nitrogen and oxygen atoms in total. The number of benzene rings is 1. The molecule has 1 aliphatic rings. The average molecular weight is 295 g/mol. The zero-order valence-electron chi connectivity index (χ0n) is 12.2. The topological polar surface area (TPSA) is 41.1 Å². The molecular weight excluding hydrogens is 272 g/mol. The van der Waals surface area contributed by atoms with Gasteiger partial charge < -0.3 is 10.6 Å². The van der Waals surface area contributed by atoms with Crippen LogP contribution in [0, 0.1) is 5.41 Å². The molecule has 110 valence electrons. The number of hydrogen-bond donors (Lipinski definition) is 2. The van der Waals surface area contributed by atoms with E-state index >= 15 is 0 Å². The molecule has 1 aromatic carbocycles. The van der Waals surface area contributed by atoms with Crippen molar-refractivity contribution < 1.29 is 4.79 Å². The van der Waals surface area contributed by atoms with Crippen molar-refractivity contribution >= 4 is 23.2 Å². The van der Waals surface area contributed by atoms with Gasteiger partial charge in [0.25, 0.3) is 0 Å². The van der Waals surface area contributed by atoms with E-state index in [9.17, 15) is 4.79 Å². The molecule has 1 unspecified atom stereocenters. The number of rotatable bonds is 4. The summed E-state index contributed by atoms with van der Waals surface area (Å²) in [6, 6.07) is 7.63. The van der Waals surface area contributed by atoms with E-state index in [1.54, 1.807) is 12.1 Å². The molecule has 1 amide bonds. The molecule has 0 bridgehead atoms. The smallest absolute Gasteiger partial charge is 0.238 e. The second kappa shape index (κ2) is 6.59. The molecule has 0 aliphatic heterocycles. The molecule has 1 aromatic rings. The first-order valence-corrected chi connectivity index (χ1v) is 7.64. The van der Waals surface area contributed by atoms with Crippen LogP contribution in [0.5, 0.6) is 0 Å². The van der Waals surface area contributed by atoms with Crippen molar-refractivity contribution in [3.05, 3.63) is 29.3 Å². The summed E-state index contributed by atoms with van der Waals surface area (Å²) in [6.45, 7) is 4.90. The number of carbonyl (C=O) groups excluding carboxylic acids is 1. The average Bonchev–Trinajstić information content (AvgIpc) is 2.37. The van der Waals surface area contributed by atoms with Crippen LogP contribution in [-0.4, -0.2) is 18.5 Å². The van der Waals surface area contributed by atoms with E-state index in [0.717, 1.165) is 12.1 Å². The Balaban J connectivity index is 1.83. The lowest BCUT2D eigenvalue weighted by Gasteiger charge is -2.39. The van der Waals surface area contributed by atoms with Gasteiger partial charge in [0.2, 0.25) is 5.91 Å². The van der Waals surface area contributed by atoms with Crippen LogP contribution in [0.25, 0.3) is 0 Å². The largest absolute Gasteiger partial charge is 0.325 e. The molecule has 0 radical (unpaired) electrons. The molecule has 20 heavy (non-hydrogen) atoms. The van der Waals surface area contributed by atoms with Gasteiger partial charge in [-0.3, -0.25) is 4.79 Å². The lowest BCUT2D eigenvalue weighted by atomic mass is 9.73. The van der Waals surface area contributed by atoms with Gasteiger partial charge >= 0.3 is 0 Å². The van der Waals surface area contributed by atoms with Crippen LogP contribution in [0.4, 0.5) is 5.69 Å². The number of nitrogens with one attached hydrogen (secondary N) is 2. The van der Waals surface area contributed by atoms with Crippen LogP contribution in [-0.2, 0) is 4.79 Å². The zero-order valence-corrected chi connectivity index (χ0v) is 13.0. The summed E-state index contributed by atoms with van der Waals surface area (Å²) in [4.78, 5) is 12.0. The van der Waals surface area contributed by atoms with E-state index in [0.29, 0.717) is 17.6 Å². The fourth-order valence-electron chi connectivity index (χ4n) is 2.86. The lowest BCUT2D eigenvalue weighted by Crippen LogP contribution is -2.46. The van der Waals surface area contributed by atoms with Gasteiger partial charge in [0, 0.05) is 16.8 Å². The Bertz CT molecular complexity index is 473. The Kier molecular flexibility index (Phi) is 5.06. The molecule has 2 rings (SSSR count). The minimum Gasteiger partial charge on any atom is -0.325 e. The number of halogens is 1. The van der Waals surface area contributed by atoms with Crippen molar-refractivity contribution in [2.45, 2.75) is 45.6 Å². The molecule has 0 heterocycles. The van der Waals surface area contributed by atoms with Gasteiger partial charge in [-0.2, -0.15) is 0 Å². The number of hydrogen-bond acceptors (Lipinski definition) is 2. The predicted molar refractivity (Wildman–Crippen MR) is 84.1 cm³/mol. The SMILES string of the molecule is CC1(C)CCCCC1NCC(=O)Nc1cccc(Cl)c1. The molecule has 2 N–H and O–H groups in total. The minimum atomic E-state index is -0.0198. The van der Waals surface area contributed by atoms with E-state index in [2.05, 4.69) is 24.5 Å². The van der Waals surface area contributed by atoms with Crippen molar-refractivity contribution in [2.75, 3.05) is 11.9 Å². The Morgan fingerprint density at radius 1 is 1.40 bits per heavy atom. The molecule has 1 aliphatic carbocycles. The maximum absolute atomic E-state index is 12.0. The first-order valence-electron chi connectivity index (χ1n) is 7.26. The van der Waals surface area contributed by atoms with Crippen molar-refractivity contribution in [1.82, 2.24) is 5.32 Å². The van der Waals surface area contributed by atoms with Crippen LogP contribution >= 0.6 is 11.6 Å². The second-order valence-electron chi connectivity index (χ2n) is 6.23. The molecule has 1 atom stereocenters. The van der Waals surface area contributed by atoms with Crippen LogP contribution in [0.15, 0.2) is 24.3 Å². The Morgan fingerprint density at radius 3 is 2.90 bits per heavy atom. The van der Waals surface area contributed by atoms with Crippen LogP contribution in [0.1, 0.15) is 39.5 Å². The standard InChI is InChI=1S/C16H23ClN2O/c1-16(2)9-4-3-8-14(16)18-11-15(20)19-13-7-5-6-12(17)10-13/h5-7,10,14,18H,3-4,8-9,11H2,1-2H3,(H,19,20). The highest BCUT2D eigenvalue weighted by Crippen LogP contribution is 2.35. The zero-order chi connectivity index (χ0) is 14.6. The molecular formula is C16H23ClN2O. The van der Waals surface area contributed by atoms with E-state index in [4.69, 9.17) is 11.6 Å². The quantitative estimate of drug-likeness (QED) is 0.886. The summed E-state index contributed by atoms with van der Waals surface area (Å²) in [5.74, 6) is -0.0198. The van der Waals surface area contributed by atoms with Crippen molar-refractivity contribution in [3.63, 3.8) is 0 Å². The van der Waals surface area contributed by atoms with Gasteiger partial charge in [0.15, 0.2) is 0 Å². The van der Waals surface area contributed by atoms with Gasteiger partial charge in [-0.15, -0.1) is 0 Å². The fourth-order valence-corrected chi connectivity index (χ4v) is 3.05. The highest BCUT2D eigenvalue weighted by molar-refractivity contribution is 6.30. The van der Waals surface area contributed by atoms with Gasteiger partial charge in [0.05, 0.1) is 6.54 Å². The molecule has 0 aromatic heterocycles. The summed E-state index contributed by atoms with van der Waals surface area (Å²) in [5.41, 5.74) is 1.02. The van der Waals surface area contributed by atoms with Crippen molar-refractivity contribution in [3.8, 4) is 0 Å². The molecule has 1 saturated carbocycles. The molecule has 0 spiro atoms. The van der Waals surface area contributed by atoms with E-state index < -0.39 is 0 Å². The third kappa shape index (κ3) is 4.22. The molecule has 1 fully saturated rings. The van der Waals surface area contributed by atoms with E-state index in [1.807, 2.05) is 12.1 Å². The van der Waals surface area contributed by atoms with Gasteiger partial charge in [-0.05, 0) is 36.5 Å². The second-order valence-corrected chi connectivity index (χ2v) is 6.66. The first kappa shape index (κ1) is 15.3. The van der Waals surface area contributed by atoms with Gasteiger partial charge in [-0.25, -0.2) is 0 Å². The normalized spacial score (nSPS) is 21.4. The van der Waals surface area contributed by atoms with Crippen molar-refractivity contribution in [1.29, 1.82) is 0 Å². The summed E-state index contributed by atoms with van der Waals surface area (Å²) in [6.07, 6.45) is 4.91. The molecule has 4 heteroatoms. The Labute approximate surface area is 126 Å². The maximum Gasteiger partial charge on any atom is 0.238 e. The van der Waals surface area contributed by atoms with Crippen LogP contribution in [0.3, 0.4) is 0 Å². The first-order chi connectivity index (χ1) is 9.47. The van der Waals surface area contributed by atoms with Crippen LogP contribution < -0.4 is 10.6 Å². The Morgan fingerprint density at radius 2 is 2.20 bits per heavy atom. The van der Waals surface area contributed by atoms with Crippen molar-refractivity contribution in [2.24, 2.45) is 5.41 Å². The molecule has 0 saturated heterocycles. The maximum atomic E-state index is 12.0. The van der Waals surface area contributed by atoms with Gasteiger partial charge in [0.1, 0.15) is 0 Å². The van der Waals surface area contributed by atoms with Crippen LogP contribution in [0.2, 0.25) is 5.02 Å².